The van der Waals surface area contributed by atoms with Crippen molar-refractivity contribution in [3.8, 4) is 0 Å². The zero-order valence-corrected chi connectivity index (χ0v) is 7.02. The summed E-state index contributed by atoms with van der Waals surface area (Å²) < 4.78 is 12.4. The van der Waals surface area contributed by atoms with Crippen molar-refractivity contribution in [3.05, 3.63) is 23.8 Å². The fourth-order valence-corrected chi connectivity index (χ4v) is 0.597. The molecule has 1 amide bonds. The standard InChI is InChI=1S/C5H6FN3O.C2H6/c6-3-1-2-8-4(3)5(10)9-7;1-2/h1-2,8H,7H2,(H,9,10);1-2H3. The zero-order chi connectivity index (χ0) is 9.56. The number of hydrazine groups is 1. The van der Waals surface area contributed by atoms with Crippen LogP contribution in [-0.4, -0.2) is 10.9 Å². The predicted molar refractivity (Wildman–Crippen MR) is 43.8 cm³/mol. The Hall–Kier alpha value is -1.36. The number of aromatic nitrogens is 1. The molecule has 0 fully saturated rings. The Morgan fingerprint density at radius 3 is 2.58 bits per heavy atom. The first-order chi connectivity index (χ1) is 5.75. The maximum absolute atomic E-state index is 12.4. The molecule has 0 bridgehead atoms. The van der Waals surface area contributed by atoms with Crippen molar-refractivity contribution in [1.29, 1.82) is 0 Å². The molecular weight excluding hydrogens is 161 g/mol. The molecule has 0 aromatic carbocycles. The van der Waals surface area contributed by atoms with E-state index in [-0.39, 0.29) is 5.69 Å². The van der Waals surface area contributed by atoms with E-state index in [0.29, 0.717) is 0 Å². The van der Waals surface area contributed by atoms with Crippen LogP contribution >= 0.6 is 0 Å². The third-order valence-corrected chi connectivity index (χ3v) is 1.05. The van der Waals surface area contributed by atoms with E-state index in [1.807, 2.05) is 13.8 Å². The first kappa shape index (κ1) is 10.6. The molecule has 4 N–H and O–H groups in total. The van der Waals surface area contributed by atoms with Gasteiger partial charge in [-0.2, -0.15) is 0 Å². The Morgan fingerprint density at radius 2 is 2.25 bits per heavy atom. The lowest BCUT2D eigenvalue weighted by Gasteiger charge is -1.93. The molecular formula is C7H12FN3O. The van der Waals surface area contributed by atoms with Crippen molar-refractivity contribution in [2.24, 2.45) is 5.84 Å². The maximum Gasteiger partial charge on any atom is 0.284 e. The van der Waals surface area contributed by atoms with E-state index in [1.165, 1.54) is 6.20 Å². The summed E-state index contributed by atoms with van der Waals surface area (Å²) in [4.78, 5) is 13.0. The van der Waals surface area contributed by atoms with Crippen molar-refractivity contribution in [3.63, 3.8) is 0 Å². The molecule has 0 aliphatic rings. The molecule has 0 atom stereocenters. The Bertz CT molecular complexity index is 247. The molecule has 1 aromatic rings. The molecule has 4 nitrogen and oxygen atoms in total. The lowest BCUT2D eigenvalue weighted by Crippen LogP contribution is -2.30. The normalized spacial score (nSPS) is 8.33. The second-order valence-electron chi connectivity index (χ2n) is 1.67. The smallest absolute Gasteiger partial charge is 0.284 e. The van der Waals surface area contributed by atoms with Gasteiger partial charge < -0.3 is 4.98 Å². The van der Waals surface area contributed by atoms with Crippen LogP contribution in [0.25, 0.3) is 0 Å². The highest BCUT2D eigenvalue weighted by Crippen LogP contribution is 2.01. The van der Waals surface area contributed by atoms with E-state index in [9.17, 15) is 9.18 Å². The number of carbonyl (C=O) groups is 1. The minimum atomic E-state index is -0.664. The Balaban J connectivity index is 0.000000561. The molecule has 0 aliphatic carbocycles. The van der Waals surface area contributed by atoms with Crippen LogP contribution in [0.1, 0.15) is 24.3 Å². The average Bonchev–Trinajstić information content (AvgIpc) is 2.54. The fourth-order valence-electron chi connectivity index (χ4n) is 0.597. The molecule has 0 saturated carbocycles. The number of amides is 1. The number of hydrogen-bond donors (Lipinski definition) is 3. The van der Waals surface area contributed by atoms with Gasteiger partial charge in [0.05, 0.1) is 0 Å². The van der Waals surface area contributed by atoms with Crippen molar-refractivity contribution in [2.75, 3.05) is 0 Å². The number of aromatic amines is 1. The summed E-state index contributed by atoms with van der Waals surface area (Å²) in [7, 11) is 0. The van der Waals surface area contributed by atoms with Crippen LogP contribution in [0.3, 0.4) is 0 Å². The number of H-pyrrole nitrogens is 1. The van der Waals surface area contributed by atoms with Gasteiger partial charge in [-0.1, -0.05) is 13.8 Å². The summed E-state index contributed by atoms with van der Waals surface area (Å²) >= 11 is 0. The number of nitrogen functional groups attached to an aromatic ring is 1. The largest absolute Gasteiger partial charge is 0.355 e. The van der Waals surface area contributed by atoms with Gasteiger partial charge in [0.15, 0.2) is 5.82 Å². The van der Waals surface area contributed by atoms with Gasteiger partial charge in [-0.25, -0.2) is 10.2 Å². The van der Waals surface area contributed by atoms with E-state index in [4.69, 9.17) is 5.84 Å². The molecule has 0 aliphatic heterocycles. The molecule has 1 aromatic heterocycles. The van der Waals surface area contributed by atoms with E-state index in [1.54, 1.807) is 5.43 Å². The summed E-state index contributed by atoms with van der Waals surface area (Å²) in [6.07, 6.45) is 1.32. The van der Waals surface area contributed by atoms with Gasteiger partial charge in [-0.15, -0.1) is 0 Å². The van der Waals surface area contributed by atoms with Crippen LogP contribution in [0.5, 0.6) is 0 Å². The Morgan fingerprint density at radius 1 is 1.67 bits per heavy atom. The molecule has 0 spiro atoms. The van der Waals surface area contributed by atoms with Crippen LogP contribution in [-0.2, 0) is 0 Å². The summed E-state index contributed by atoms with van der Waals surface area (Å²) in [6.45, 7) is 4.00. The number of halogens is 1. The lowest BCUT2D eigenvalue weighted by atomic mass is 10.4. The molecule has 68 valence electrons. The van der Waals surface area contributed by atoms with E-state index in [2.05, 4.69) is 4.98 Å². The quantitative estimate of drug-likeness (QED) is 0.333. The number of carbonyl (C=O) groups excluding carboxylic acids is 1. The van der Waals surface area contributed by atoms with Gasteiger partial charge in [0.1, 0.15) is 5.69 Å². The van der Waals surface area contributed by atoms with Gasteiger partial charge in [0, 0.05) is 6.20 Å². The van der Waals surface area contributed by atoms with Gasteiger partial charge in [0.25, 0.3) is 5.91 Å². The van der Waals surface area contributed by atoms with Crippen molar-refractivity contribution in [2.45, 2.75) is 13.8 Å². The highest BCUT2D eigenvalue weighted by atomic mass is 19.1. The van der Waals surface area contributed by atoms with E-state index in [0.717, 1.165) is 6.07 Å². The first-order valence-corrected chi connectivity index (χ1v) is 3.59. The van der Waals surface area contributed by atoms with E-state index < -0.39 is 11.7 Å². The Labute approximate surface area is 69.9 Å². The molecule has 0 saturated heterocycles. The maximum atomic E-state index is 12.4. The van der Waals surface area contributed by atoms with Crippen molar-refractivity contribution < 1.29 is 9.18 Å². The molecule has 0 radical (unpaired) electrons. The highest BCUT2D eigenvalue weighted by molar-refractivity contribution is 5.92. The SMILES string of the molecule is CC.NNC(=O)c1[nH]ccc1F. The number of nitrogens with two attached hydrogens (primary N) is 1. The van der Waals surface area contributed by atoms with Crippen LogP contribution in [0.4, 0.5) is 4.39 Å². The number of nitrogens with one attached hydrogen (secondary N) is 2. The third kappa shape index (κ3) is 2.35. The molecule has 1 heterocycles. The van der Waals surface area contributed by atoms with Gasteiger partial charge in [-0.05, 0) is 6.07 Å². The molecule has 12 heavy (non-hydrogen) atoms. The number of hydrogen-bond acceptors (Lipinski definition) is 2. The average molecular weight is 173 g/mol. The van der Waals surface area contributed by atoms with Crippen molar-refractivity contribution in [1.82, 2.24) is 10.4 Å². The molecule has 1 rings (SSSR count). The lowest BCUT2D eigenvalue weighted by molar-refractivity contribution is 0.0945. The van der Waals surface area contributed by atoms with Crippen LogP contribution in [0.2, 0.25) is 0 Å². The Kier molecular flexibility index (Phi) is 4.71. The van der Waals surface area contributed by atoms with Crippen LogP contribution in [0.15, 0.2) is 12.3 Å². The fraction of sp³-hybridized carbons (Fsp3) is 0.286. The molecule has 5 heteroatoms. The number of rotatable bonds is 1. The third-order valence-electron chi connectivity index (χ3n) is 1.05. The topological polar surface area (TPSA) is 70.9 Å². The minimum absolute atomic E-state index is 0.150. The van der Waals surface area contributed by atoms with E-state index >= 15 is 0 Å². The van der Waals surface area contributed by atoms with Gasteiger partial charge in [0.2, 0.25) is 0 Å². The summed E-state index contributed by atoms with van der Waals surface area (Å²) in [5.41, 5.74) is 1.65. The van der Waals surface area contributed by atoms with Gasteiger partial charge >= 0.3 is 0 Å². The highest BCUT2D eigenvalue weighted by Gasteiger charge is 2.09. The van der Waals surface area contributed by atoms with Crippen molar-refractivity contribution >= 4 is 5.91 Å². The second-order valence-corrected chi connectivity index (χ2v) is 1.67. The molecule has 0 unspecified atom stereocenters. The summed E-state index contributed by atoms with van der Waals surface area (Å²) in [5, 5.41) is 0. The van der Waals surface area contributed by atoms with Crippen LogP contribution < -0.4 is 11.3 Å². The zero-order valence-electron chi connectivity index (χ0n) is 7.02. The second kappa shape index (κ2) is 5.31. The summed E-state index contributed by atoms with van der Waals surface area (Å²) in [5.74, 6) is 3.47. The predicted octanol–water partition coefficient (Wildman–Crippen LogP) is 0.783. The minimum Gasteiger partial charge on any atom is -0.355 e. The van der Waals surface area contributed by atoms with Gasteiger partial charge in [-0.3, -0.25) is 10.2 Å². The first-order valence-electron chi connectivity index (χ1n) is 3.59. The van der Waals surface area contributed by atoms with Crippen LogP contribution in [0, 0.1) is 5.82 Å². The summed E-state index contributed by atoms with van der Waals surface area (Å²) in [6, 6.07) is 1.14. The monoisotopic (exact) mass is 173 g/mol.